The minimum atomic E-state index is -1.22. The van der Waals surface area contributed by atoms with E-state index in [9.17, 15) is 14.4 Å². The SMILES string of the molecule is CCOC(=O)C1CCCN1C(=O)N[C@@H](CCO)C(=O)O. The Morgan fingerprint density at radius 2 is 2.15 bits per heavy atom. The van der Waals surface area contributed by atoms with Gasteiger partial charge in [0.15, 0.2) is 0 Å². The summed E-state index contributed by atoms with van der Waals surface area (Å²) in [5.41, 5.74) is 0. The molecule has 1 aliphatic heterocycles. The molecule has 0 spiro atoms. The van der Waals surface area contributed by atoms with Gasteiger partial charge in [-0.3, -0.25) is 0 Å². The average molecular weight is 288 g/mol. The zero-order valence-electron chi connectivity index (χ0n) is 11.4. The number of nitrogens with zero attached hydrogens (tertiary/aromatic N) is 1. The van der Waals surface area contributed by atoms with E-state index in [-0.39, 0.29) is 19.6 Å². The lowest BCUT2D eigenvalue weighted by Crippen LogP contribution is -2.51. The Balaban J connectivity index is 2.65. The maximum Gasteiger partial charge on any atom is 0.328 e. The Morgan fingerprint density at radius 3 is 2.70 bits per heavy atom. The molecule has 8 nitrogen and oxygen atoms in total. The number of likely N-dealkylation sites (tertiary alicyclic amines) is 1. The van der Waals surface area contributed by atoms with Crippen molar-refractivity contribution in [2.75, 3.05) is 19.8 Å². The van der Waals surface area contributed by atoms with Crippen LogP contribution in [-0.4, -0.2) is 64.9 Å². The number of carboxylic acids is 1. The summed E-state index contributed by atoms with van der Waals surface area (Å²) < 4.78 is 4.89. The summed E-state index contributed by atoms with van der Waals surface area (Å²) in [5, 5.41) is 20.0. The van der Waals surface area contributed by atoms with E-state index in [0.29, 0.717) is 19.4 Å². The molecule has 0 saturated carbocycles. The number of aliphatic hydroxyl groups is 1. The van der Waals surface area contributed by atoms with Gasteiger partial charge in [-0.1, -0.05) is 0 Å². The number of rotatable bonds is 6. The van der Waals surface area contributed by atoms with Crippen LogP contribution in [0.1, 0.15) is 26.2 Å². The summed E-state index contributed by atoms with van der Waals surface area (Å²) in [7, 11) is 0. The monoisotopic (exact) mass is 288 g/mol. The van der Waals surface area contributed by atoms with Crippen LogP contribution in [-0.2, 0) is 14.3 Å². The quantitative estimate of drug-likeness (QED) is 0.570. The van der Waals surface area contributed by atoms with Crippen LogP contribution in [0.4, 0.5) is 4.79 Å². The molecule has 20 heavy (non-hydrogen) atoms. The number of carbonyl (C=O) groups is 3. The number of urea groups is 1. The number of carbonyl (C=O) groups excluding carboxylic acids is 2. The van der Waals surface area contributed by atoms with Crippen LogP contribution in [0.25, 0.3) is 0 Å². The average Bonchev–Trinajstić information content (AvgIpc) is 2.87. The van der Waals surface area contributed by atoms with Gasteiger partial charge in [0.1, 0.15) is 12.1 Å². The first kappa shape index (κ1) is 16.2. The summed E-state index contributed by atoms with van der Waals surface area (Å²) in [5.74, 6) is -1.70. The van der Waals surface area contributed by atoms with Crippen molar-refractivity contribution in [2.45, 2.75) is 38.3 Å². The van der Waals surface area contributed by atoms with E-state index in [1.54, 1.807) is 6.92 Å². The molecule has 0 aromatic heterocycles. The van der Waals surface area contributed by atoms with Gasteiger partial charge in [0.05, 0.1) is 6.61 Å². The number of esters is 1. The van der Waals surface area contributed by atoms with Crippen molar-refractivity contribution < 1.29 is 29.3 Å². The van der Waals surface area contributed by atoms with Gasteiger partial charge >= 0.3 is 18.0 Å². The second kappa shape index (κ2) is 7.68. The van der Waals surface area contributed by atoms with Crippen molar-refractivity contribution in [3.63, 3.8) is 0 Å². The van der Waals surface area contributed by atoms with E-state index in [0.717, 1.165) is 0 Å². The molecule has 0 bridgehead atoms. The first-order valence-electron chi connectivity index (χ1n) is 6.58. The zero-order chi connectivity index (χ0) is 15.1. The molecule has 2 atom stereocenters. The first-order chi connectivity index (χ1) is 9.51. The number of carboxylic acid groups (broad SMARTS) is 1. The van der Waals surface area contributed by atoms with Gasteiger partial charge in [-0.2, -0.15) is 0 Å². The second-order valence-electron chi connectivity index (χ2n) is 4.46. The van der Waals surface area contributed by atoms with Crippen molar-refractivity contribution in [3.05, 3.63) is 0 Å². The summed E-state index contributed by atoms with van der Waals surface area (Å²) in [6, 6.07) is -2.46. The van der Waals surface area contributed by atoms with Gasteiger partial charge in [0.25, 0.3) is 0 Å². The largest absolute Gasteiger partial charge is 0.480 e. The molecule has 2 amide bonds. The van der Waals surface area contributed by atoms with E-state index in [2.05, 4.69) is 5.32 Å². The number of aliphatic carboxylic acids is 1. The third kappa shape index (κ3) is 4.09. The van der Waals surface area contributed by atoms with Crippen molar-refractivity contribution in [3.8, 4) is 0 Å². The van der Waals surface area contributed by atoms with Crippen LogP contribution < -0.4 is 5.32 Å². The standard InChI is InChI=1S/C12H20N2O6/c1-2-20-11(18)9-4-3-6-14(9)12(19)13-8(5-7-15)10(16)17/h8-9,15H,2-7H2,1H3,(H,13,19)(H,16,17)/t8-,9?/m0/s1. The Kier molecular flexibility index (Phi) is 6.23. The highest BCUT2D eigenvalue weighted by Gasteiger charge is 2.36. The number of ether oxygens (including phenoxy) is 1. The maximum atomic E-state index is 12.0. The summed E-state index contributed by atoms with van der Waals surface area (Å²) in [4.78, 5) is 35.9. The molecular formula is C12H20N2O6. The minimum absolute atomic E-state index is 0.0843. The highest BCUT2D eigenvalue weighted by Crippen LogP contribution is 2.18. The fourth-order valence-electron chi connectivity index (χ4n) is 2.11. The zero-order valence-corrected chi connectivity index (χ0v) is 11.4. The van der Waals surface area contributed by atoms with Crippen molar-refractivity contribution in [1.29, 1.82) is 0 Å². The lowest BCUT2D eigenvalue weighted by molar-refractivity contribution is -0.147. The maximum absolute atomic E-state index is 12.0. The van der Waals surface area contributed by atoms with Gasteiger partial charge in [-0.05, 0) is 19.8 Å². The lowest BCUT2D eigenvalue weighted by Gasteiger charge is -2.25. The molecule has 1 heterocycles. The highest BCUT2D eigenvalue weighted by molar-refractivity contribution is 5.87. The van der Waals surface area contributed by atoms with Crippen LogP contribution in [0.15, 0.2) is 0 Å². The minimum Gasteiger partial charge on any atom is -0.480 e. The van der Waals surface area contributed by atoms with E-state index < -0.39 is 30.1 Å². The normalized spacial score (nSPS) is 19.5. The molecule has 0 aromatic carbocycles. The van der Waals surface area contributed by atoms with Gasteiger partial charge in [0, 0.05) is 19.6 Å². The van der Waals surface area contributed by atoms with Gasteiger partial charge in [-0.15, -0.1) is 0 Å². The van der Waals surface area contributed by atoms with E-state index in [4.69, 9.17) is 14.9 Å². The molecule has 0 radical (unpaired) electrons. The molecule has 3 N–H and O–H groups in total. The second-order valence-corrected chi connectivity index (χ2v) is 4.46. The van der Waals surface area contributed by atoms with Crippen LogP contribution in [0, 0.1) is 0 Å². The van der Waals surface area contributed by atoms with Gasteiger partial charge in [0.2, 0.25) is 0 Å². The summed E-state index contributed by atoms with van der Waals surface area (Å²) in [6.07, 6.45) is 1.08. The molecule has 1 unspecified atom stereocenters. The topological polar surface area (TPSA) is 116 Å². The van der Waals surface area contributed by atoms with Crippen LogP contribution >= 0.6 is 0 Å². The Labute approximate surface area is 116 Å². The number of hydrogen-bond donors (Lipinski definition) is 3. The molecule has 8 heteroatoms. The molecule has 1 aliphatic rings. The smallest absolute Gasteiger partial charge is 0.328 e. The highest BCUT2D eigenvalue weighted by atomic mass is 16.5. The molecule has 0 aliphatic carbocycles. The molecule has 1 saturated heterocycles. The predicted octanol–water partition coefficient (Wildman–Crippen LogP) is -0.441. The van der Waals surface area contributed by atoms with Crippen molar-refractivity contribution in [1.82, 2.24) is 10.2 Å². The predicted molar refractivity (Wildman–Crippen MR) is 68.0 cm³/mol. The van der Waals surface area contributed by atoms with E-state index >= 15 is 0 Å². The van der Waals surface area contributed by atoms with Crippen LogP contribution in [0.3, 0.4) is 0 Å². The molecule has 114 valence electrons. The van der Waals surface area contributed by atoms with Gasteiger partial charge < -0.3 is 25.2 Å². The molecule has 0 aromatic rings. The van der Waals surface area contributed by atoms with E-state index in [1.165, 1.54) is 4.90 Å². The molecule has 1 rings (SSSR count). The van der Waals surface area contributed by atoms with Crippen molar-refractivity contribution >= 4 is 18.0 Å². The Hall–Kier alpha value is -1.83. The Morgan fingerprint density at radius 1 is 1.45 bits per heavy atom. The van der Waals surface area contributed by atoms with E-state index in [1.807, 2.05) is 0 Å². The third-order valence-electron chi connectivity index (χ3n) is 3.09. The first-order valence-corrected chi connectivity index (χ1v) is 6.58. The van der Waals surface area contributed by atoms with Gasteiger partial charge in [-0.25, -0.2) is 14.4 Å². The van der Waals surface area contributed by atoms with Crippen LogP contribution in [0.2, 0.25) is 0 Å². The van der Waals surface area contributed by atoms with Crippen molar-refractivity contribution in [2.24, 2.45) is 0 Å². The lowest BCUT2D eigenvalue weighted by atomic mass is 10.2. The number of aliphatic hydroxyl groups excluding tert-OH is 1. The fourth-order valence-corrected chi connectivity index (χ4v) is 2.11. The summed E-state index contributed by atoms with van der Waals surface area (Å²) >= 11 is 0. The third-order valence-corrected chi connectivity index (χ3v) is 3.09. The number of hydrogen-bond acceptors (Lipinski definition) is 5. The Bertz CT molecular complexity index is 373. The fraction of sp³-hybridized carbons (Fsp3) is 0.750. The number of nitrogens with one attached hydrogen (secondary N) is 1. The molecule has 1 fully saturated rings. The molecular weight excluding hydrogens is 268 g/mol. The van der Waals surface area contributed by atoms with Crippen LogP contribution in [0.5, 0.6) is 0 Å². The number of amides is 2. The summed E-state index contributed by atoms with van der Waals surface area (Å²) in [6.45, 7) is 1.94.